The number of hydrogen-bond donors (Lipinski definition) is 2. The average Bonchev–Trinajstić information content (AvgIpc) is 2.89. The molecule has 8 nitrogen and oxygen atoms in total. The van der Waals surface area contributed by atoms with Gasteiger partial charge >= 0.3 is 6.09 Å². The lowest BCUT2D eigenvalue weighted by atomic mass is 9.84. The molecule has 0 radical (unpaired) electrons. The molecule has 5 rings (SSSR count). The summed E-state index contributed by atoms with van der Waals surface area (Å²) in [7, 11) is 0. The van der Waals surface area contributed by atoms with Crippen molar-refractivity contribution < 1.29 is 14.6 Å². The Morgan fingerprint density at radius 1 is 1.08 bits per heavy atom. The average molecular weight is 497 g/mol. The summed E-state index contributed by atoms with van der Waals surface area (Å²) in [6.07, 6.45) is 6.52. The number of para-hydroxylation sites is 1. The van der Waals surface area contributed by atoms with Crippen LogP contribution in [-0.4, -0.2) is 88.8 Å². The van der Waals surface area contributed by atoms with Gasteiger partial charge in [0.05, 0.1) is 5.60 Å². The molecular formula is C28H40N4O4. The van der Waals surface area contributed by atoms with E-state index in [0.29, 0.717) is 37.5 Å². The molecule has 1 aromatic carbocycles. The molecule has 1 aromatic heterocycles. The summed E-state index contributed by atoms with van der Waals surface area (Å²) >= 11 is 0. The summed E-state index contributed by atoms with van der Waals surface area (Å²) in [6.45, 7) is 8.04. The Labute approximate surface area is 213 Å². The van der Waals surface area contributed by atoms with Gasteiger partial charge in [-0.3, -0.25) is 9.69 Å². The number of nitrogens with zero attached hydrogens (tertiary/aromatic N) is 3. The monoisotopic (exact) mass is 496 g/mol. The third kappa shape index (κ3) is 5.61. The fraction of sp³-hybridized carbons (Fsp3) is 0.643. The number of carbonyl (C=O) groups excluding carboxylic acids is 1. The maximum atomic E-state index is 12.8. The summed E-state index contributed by atoms with van der Waals surface area (Å²) in [6, 6.07) is 10.0. The highest BCUT2D eigenvalue weighted by atomic mass is 16.6. The van der Waals surface area contributed by atoms with Gasteiger partial charge in [-0.25, -0.2) is 4.79 Å². The summed E-state index contributed by atoms with van der Waals surface area (Å²) in [5.74, 6) is 0. The second kappa shape index (κ2) is 10.9. The molecule has 4 heterocycles. The number of likely N-dealkylation sites (tertiary alicyclic amines) is 3. The van der Waals surface area contributed by atoms with E-state index >= 15 is 0 Å². The highest BCUT2D eigenvalue weighted by Gasteiger charge is 2.38. The first-order chi connectivity index (χ1) is 17.4. The highest BCUT2D eigenvalue weighted by molar-refractivity contribution is 5.79. The minimum absolute atomic E-state index is 0.187. The van der Waals surface area contributed by atoms with Gasteiger partial charge in [0, 0.05) is 36.8 Å². The van der Waals surface area contributed by atoms with E-state index in [4.69, 9.17) is 4.74 Å². The molecule has 196 valence electrons. The van der Waals surface area contributed by atoms with E-state index in [9.17, 15) is 14.7 Å². The van der Waals surface area contributed by atoms with Crippen molar-refractivity contribution in [2.45, 2.75) is 69.6 Å². The fourth-order valence-corrected chi connectivity index (χ4v) is 6.22. The minimum atomic E-state index is -1.25. The number of rotatable bonds is 5. The van der Waals surface area contributed by atoms with Crippen LogP contribution < -0.4 is 5.56 Å². The molecule has 0 spiro atoms. The quantitative estimate of drug-likeness (QED) is 0.661. The molecule has 3 fully saturated rings. The van der Waals surface area contributed by atoms with Crippen molar-refractivity contribution in [3.63, 3.8) is 0 Å². The van der Waals surface area contributed by atoms with Crippen LogP contribution in [0.15, 0.2) is 35.1 Å². The molecule has 1 amide bonds. The van der Waals surface area contributed by atoms with Gasteiger partial charge in [-0.15, -0.1) is 0 Å². The minimum Gasteiger partial charge on any atom is -0.445 e. The van der Waals surface area contributed by atoms with Gasteiger partial charge < -0.3 is 24.6 Å². The molecule has 3 saturated heterocycles. The lowest BCUT2D eigenvalue weighted by Crippen LogP contribution is -2.49. The van der Waals surface area contributed by atoms with Crippen molar-refractivity contribution in [3.05, 3.63) is 46.2 Å². The van der Waals surface area contributed by atoms with Crippen LogP contribution in [0, 0.1) is 0 Å². The molecule has 8 heteroatoms. The van der Waals surface area contributed by atoms with E-state index in [-0.39, 0.29) is 17.8 Å². The molecule has 0 aliphatic carbocycles. The van der Waals surface area contributed by atoms with Gasteiger partial charge in [0.15, 0.2) is 0 Å². The van der Waals surface area contributed by atoms with E-state index < -0.39 is 5.60 Å². The fourth-order valence-electron chi connectivity index (χ4n) is 6.22. The molecule has 2 aromatic rings. The van der Waals surface area contributed by atoms with Gasteiger partial charge in [-0.1, -0.05) is 24.6 Å². The molecule has 3 aliphatic rings. The molecule has 2 N–H and O–H groups in total. The van der Waals surface area contributed by atoms with Crippen molar-refractivity contribution in [3.8, 4) is 0 Å². The summed E-state index contributed by atoms with van der Waals surface area (Å²) < 4.78 is 5.78. The van der Waals surface area contributed by atoms with Crippen molar-refractivity contribution in [1.29, 1.82) is 0 Å². The maximum Gasteiger partial charge on any atom is 0.410 e. The Balaban J connectivity index is 1.09. The topological polar surface area (TPSA) is 89.1 Å². The van der Waals surface area contributed by atoms with Crippen LogP contribution in [0.2, 0.25) is 0 Å². The number of ether oxygens (including phenoxy) is 1. The summed E-state index contributed by atoms with van der Waals surface area (Å²) in [5.41, 5.74) is -0.403. The third-order valence-electron chi connectivity index (χ3n) is 8.39. The Bertz CT molecular complexity index is 1100. The van der Waals surface area contributed by atoms with Crippen LogP contribution in [0.4, 0.5) is 4.79 Å². The zero-order chi connectivity index (χ0) is 25.1. The molecule has 36 heavy (non-hydrogen) atoms. The second-order valence-electron chi connectivity index (χ2n) is 10.9. The summed E-state index contributed by atoms with van der Waals surface area (Å²) in [4.78, 5) is 35.1. The maximum absolute atomic E-state index is 12.8. The standard InChI is InChI=1S/C28H40N4O4/c1-21(20-30-15-9-23(10-16-30)31-13-5-2-6-14-31)36-27(34)32-17-11-28(35,12-18-32)24-19-22-7-3-4-8-25(22)29-26(24)33/h3-4,7-8,19,21,23,35H,2,5-6,9-18,20H2,1H3,(H,29,33). The summed E-state index contributed by atoms with van der Waals surface area (Å²) in [5, 5.41) is 12.2. The smallest absolute Gasteiger partial charge is 0.410 e. The van der Waals surface area contributed by atoms with E-state index in [2.05, 4.69) is 14.8 Å². The Morgan fingerprint density at radius 2 is 1.78 bits per heavy atom. The van der Waals surface area contributed by atoms with Gasteiger partial charge in [0.1, 0.15) is 6.10 Å². The van der Waals surface area contributed by atoms with Crippen LogP contribution in [0.3, 0.4) is 0 Å². The number of aromatic amines is 1. The number of H-pyrrole nitrogens is 1. The SMILES string of the molecule is CC(CN1CCC(N2CCCCC2)CC1)OC(=O)N1CCC(O)(c2cc3ccccc3[nH]c2=O)CC1. The first kappa shape index (κ1) is 25.2. The van der Waals surface area contributed by atoms with E-state index in [1.807, 2.05) is 31.2 Å². The number of piperidine rings is 3. The highest BCUT2D eigenvalue weighted by Crippen LogP contribution is 2.32. The van der Waals surface area contributed by atoms with Crippen LogP contribution in [0.25, 0.3) is 10.9 Å². The van der Waals surface area contributed by atoms with Crippen LogP contribution >= 0.6 is 0 Å². The Morgan fingerprint density at radius 3 is 2.50 bits per heavy atom. The van der Waals surface area contributed by atoms with Crippen molar-refractivity contribution in [2.24, 2.45) is 0 Å². The van der Waals surface area contributed by atoms with Crippen LogP contribution in [-0.2, 0) is 10.3 Å². The first-order valence-corrected chi connectivity index (χ1v) is 13.7. The number of fused-ring (bicyclic) bond motifs is 1. The molecule has 0 saturated carbocycles. The van der Waals surface area contributed by atoms with E-state index in [1.54, 1.807) is 11.0 Å². The van der Waals surface area contributed by atoms with Crippen molar-refractivity contribution in [1.82, 2.24) is 19.7 Å². The lowest BCUT2D eigenvalue weighted by Gasteiger charge is -2.41. The van der Waals surface area contributed by atoms with Gasteiger partial charge in [0.25, 0.3) is 5.56 Å². The number of nitrogens with one attached hydrogen (secondary N) is 1. The van der Waals surface area contributed by atoms with Gasteiger partial charge in [0.2, 0.25) is 0 Å². The molecule has 3 aliphatic heterocycles. The normalized spacial score (nSPS) is 23.0. The number of carbonyl (C=O) groups is 1. The van der Waals surface area contributed by atoms with Crippen molar-refractivity contribution in [2.75, 3.05) is 45.8 Å². The predicted octanol–water partition coefficient (Wildman–Crippen LogP) is 3.29. The zero-order valence-electron chi connectivity index (χ0n) is 21.5. The molecule has 1 atom stereocenters. The number of pyridine rings is 1. The van der Waals surface area contributed by atoms with Crippen LogP contribution in [0.5, 0.6) is 0 Å². The second-order valence-corrected chi connectivity index (χ2v) is 10.9. The number of benzene rings is 1. The van der Waals surface area contributed by atoms with E-state index in [0.717, 1.165) is 30.5 Å². The Kier molecular flexibility index (Phi) is 7.65. The Hall–Kier alpha value is -2.42. The third-order valence-corrected chi connectivity index (χ3v) is 8.39. The van der Waals surface area contributed by atoms with Crippen molar-refractivity contribution >= 4 is 17.0 Å². The number of aromatic nitrogens is 1. The lowest BCUT2D eigenvalue weighted by molar-refractivity contribution is -0.0312. The number of aliphatic hydroxyl groups is 1. The molecule has 1 unspecified atom stereocenters. The number of hydrogen-bond acceptors (Lipinski definition) is 6. The zero-order valence-corrected chi connectivity index (χ0v) is 21.5. The predicted molar refractivity (Wildman–Crippen MR) is 140 cm³/mol. The van der Waals surface area contributed by atoms with Gasteiger partial charge in [-0.05, 0) is 89.1 Å². The van der Waals surface area contributed by atoms with Crippen LogP contribution in [0.1, 0.15) is 57.4 Å². The molecule has 0 bridgehead atoms. The van der Waals surface area contributed by atoms with Gasteiger partial charge in [-0.2, -0.15) is 0 Å². The van der Waals surface area contributed by atoms with E-state index in [1.165, 1.54) is 45.2 Å². The first-order valence-electron chi connectivity index (χ1n) is 13.7. The molecular weight excluding hydrogens is 456 g/mol. The largest absolute Gasteiger partial charge is 0.445 e. The number of amides is 1.